The number of rotatable bonds is 3. The van der Waals surface area contributed by atoms with Gasteiger partial charge in [-0.05, 0) is 36.3 Å². The highest BCUT2D eigenvalue weighted by atomic mass is 32.1. The van der Waals surface area contributed by atoms with Gasteiger partial charge in [0.2, 0.25) is 0 Å². The van der Waals surface area contributed by atoms with Gasteiger partial charge in [-0.15, -0.1) is 0 Å². The van der Waals surface area contributed by atoms with Crippen LogP contribution in [0.15, 0.2) is 18.2 Å². The lowest BCUT2D eigenvalue weighted by Crippen LogP contribution is -2.30. The van der Waals surface area contributed by atoms with Crippen molar-refractivity contribution in [1.29, 1.82) is 0 Å². The zero-order chi connectivity index (χ0) is 11.4. The van der Waals surface area contributed by atoms with Crippen molar-refractivity contribution in [2.75, 3.05) is 19.8 Å². The minimum Gasteiger partial charge on any atom is -0.486 e. The lowest BCUT2D eigenvalue weighted by molar-refractivity contribution is 0.171. The van der Waals surface area contributed by atoms with Crippen LogP contribution in [0.5, 0.6) is 11.5 Å². The lowest BCUT2D eigenvalue weighted by Gasteiger charge is -2.18. The van der Waals surface area contributed by atoms with Crippen molar-refractivity contribution < 1.29 is 9.47 Å². The van der Waals surface area contributed by atoms with Crippen LogP contribution in [0.25, 0.3) is 0 Å². The zero-order valence-electron chi connectivity index (χ0n) is 8.86. The zero-order valence-corrected chi connectivity index (χ0v) is 9.68. The average Bonchev–Trinajstić information content (AvgIpc) is 2.28. The predicted octanol–water partition coefficient (Wildman–Crippen LogP) is 0.833. The van der Waals surface area contributed by atoms with E-state index in [1.807, 2.05) is 18.2 Å². The van der Waals surface area contributed by atoms with Crippen LogP contribution in [0.4, 0.5) is 0 Å². The molecule has 0 bridgehead atoms. The molecule has 5 heteroatoms. The Hall–Kier alpha value is -1.49. The number of thiocarbonyl (C=S) groups is 1. The molecule has 0 unspecified atom stereocenters. The summed E-state index contributed by atoms with van der Waals surface area (Å²) in [6.07, 6.45) is 0.855. The van der Waals surface area contributed by atoms with Gasteiger partial charge in [0.25, 0.3) is 0 Å². The first-order valence-electron chi connectivity index (χ1n) is 5.17. The van der Waals surface area contributed by atoms with E-state index < -0.39 is 0 Å². The number of ether oxygens (including phenoxy) is 2. The summed E-state index contributed by atoms with van der Waals surface area (Å²) < 4.78 is 10.9. The third kappa shape index (κ3) is 2.76. The maximum absolute atomic E-state index is 5.50. The Bertz CT molecular complexity index is 396. The molecule has 1 aromatic rings. The summed E-state index contributed by atoms with van der Waals surface area (Å²) in [5.74, 6) is 1.64. The Kier molecular flexibility index (Phi) is 3.46. The first-order valence-corrected chi connectivity index (χ1v) is 5.58. The molecule has 0 aromatic heterocycles. The molecule has 1 heterocycles. The summed E-state index contributed by atoms with van der Waals surface area (Å²) in [6.45, 7) is 1.96. The van der Waals surface area contributed by atoms with Crippen molar-refractivity contribution in [3.05, 3.63) is 23.8 Å². The van der Waals surface area contributed by atoms with Gasteiger partial charge in [-0.3, -0.25) is 0 Å². The molecule has 0 atom stereocenters. The highest BCUT2D eigenvalue weighted by Crippen LogP contribution is 2.30. The summed E-state index contributed by atoms with van der Waals surface area (Å²) >= 11 is 4.73. The molecule has 2 rings (SSSR count). The minimum atomic E-state index is 0.331. The summed E-state index contributed by atoms with van der Waals surface area (Å²) in [5.41, 5.74) is 6.52. The largest absolute Gasteiger partial charge is 0.486 e. The van der Waals surface area contributed by atoms with E-state index in [1.54, 1.807) is 0 Å². The van der Waals surface area contributed by atoms with E-state index in [1.165, 1.54) is 5.56 Å². The van der Waals surface area contributed by atoms with Crippen LogP contribution in [0, 0.1) is 0 Å². The normalized spacial score (nSPS) is 13.2. The topological polar surface area (TPSA) is 56.5 Å². The molecule has 0 aliphatic carbocycles. The van der Waals surface area contributed by atoms with Crippen LogP contribution in [-0.4, -0.2) is 24.9 Å². The average molecular weight is 238 g/mol. The first kappa shape index (κ1) is 11.0. The van der Waals surface area contributed by atoms with Gasteiger partial charge in [0.1, 0.15) is 13.2 Å². The van der Waals surface area contributed by atoms with Crippen LogP contribution in [0.2, 0.25) is 0 Å². The summed E-state index contributed by atoms with van der Waals surface area (Å²) in [5, 5.41) is 3.24. The number of benzene rings is 1. The van der Waals surface area contributed by atoms with Gasteiger partial charge in [0.05, 0.1) is 0 Å². The molecular formula is C11H14N2O2S. The van der Waals surface area contributed by atoms with Crippen LogP contribution in [0.3, 0.4) is 0 Å². The van der Waals surface area contributed by atoms with Crippen molar-refractivity contribution in [3.8, 4) is 11.5 Å². The molecule has 3 N–H and O–H groups in total. The van der Waals surface area contributed by atoms with Crippen molar-refractivity contribution in [2.45, 2.75) is 6.42 Å². The van der Waals surface area contributed by atoms with Crippen molar-refractivity contribution >= 4 is 17.3 Å². The van der Waals surface area contributed by atoms with Crippen LogP contribution in [0.1, 0.15) is 5.56 Å². The highest BCUT2D eigenvalue weighted by molar-refractivity contribution is 7.80. The minimum absolute atomic E-state index is 0.331. The molecule has 16 heavy (non-hydrogen) atoms. The van der Waals surface area contributed by atoms with Crippen LogP contribution < -0.4 is 20.5 Å². The molecule has 4 nitrogen and oxygen atoms in total. The van der Waals surface area contributed by atoms with Gasteiger partial charge in [0, 0.05) is 6.54 Å². The molecule has 0 radical (unpaired) electrons. The predicted molar refractivity (Wildman–Crippen MR) is 65.9 cm³/mol. The Labute approximate surface area is 99.7 Å². The quantitative estimate of drug-likeness (QED) is 0.764. The summed E-state index contributed by atoms with van der Waals surface area (Å²) in [6, 6.07) is 5.95. The van der Waals surface area contributed by atoms with Crippen LogP contribution in [-0.2, 0) is 6.42 Å². The number of nitrogens with two attached hydrogens (primary N) is 1. The smallest absolute Gasteiger partial charge is 0.163 e. The van der Waals surface area contributed by atoms with E-state index in [9.17, 15) is 0 Å². The van der Waals surface area contributed by atoms with Crippen molar-refractivity contribution in [1.82, 2.24) is 5.32 Å². The van der Waals surface area contributed by atoms with Gasteiger partial charge >= 0.3 is 0 Å². The molecule has 0 fully saturated rings. The molecule has 86 valence electrons. The lowest BCUT2D eigenvalue weighted by atomic mass is 10.1. The van der Waals surface area contributed by atoms with Gasteiger partial charge in [-0.25, -0.2) is 0 Å². The van der Waals surface area contributed by atoms with Gasteiger partial charge in [-0.2, -0.15) is 0 Å². The second kappa shape index (κ2) is 5.03. The maximum Gasteiger partial charge on any atom is 0.163 e. The summed E-state index contributed by atoms with van der Waals surface area (Å²) in [4.78, 5) is 0. The van der Waals surface area contributed by atoms with Crippen molar-refractivity contribution in [2.24, 2.45) is 5.73 Å². The van der Waals surface area contributed by atoms with E-state index in [0.29, 0.717) is 18.3 Å². The number of hydrogen-bond acceptors (Lipinski definition) is 3. The van der Waals surface area contributed by atoms with E-state index in [0.717, 1.165) is 24.5 Å². The molecule has 0 saturated carbocycles. The molecule has 0 spiro atoms. The van der Waals surface area contributed by atoms with E-state index >= 15 is 0 Å². The SMILES string of the molecule is NC(=S)NCCc1ccc2c(c1)OCCO2. The number of nitrogens with one attached hydrogen (secondary N) is 1. The molecule has 1 aliphatic rings. The van der Waals surface area contributed by atoms with Gasteiger partial charge in [0.15, 0.2) is 16.6 Å². The fourth-order valence-electron chi connectivity index (χ4n) is 1.57. The molecule has 1 aromatic carbocycles. The highest BCUT2D eigenvalue weighted by Gasteiger charge is 2.11. The second-order valence-electron chi connectivity index (χ2n) is 3.52. The Morgan fingerprint density at radius 2 is 2.06 bits per heavy atom. The van der Waals surface area contributed by atoms with E-state index in [2.05, 4.69) is 5.32 Å². The number of hydrogen-bond donors (Lipinski definition) is 2. The third-order valence-electron chi connectivity index (χ3n) is 2.32. The van der Waals surface area contributed by atoms with Gasteiger partial charge in [-0.1, -0.05) is 6.07 Å². The Morgan fingerprint density at radius 3 is 2.81 bits per heavy atom. The maximum atomic E-state index is 5.50. The van der Waals surface area contributed by atoms with E-state index in [-0.39, 0.29) is 0 Å². The Balaban J connectivity index is 1.97. The van der Waals surface area contributed by atoms with Crippen LogP contribution >= 0.6 is 12.2 Å². The molecule has 0 saturated heterocycles. The first-order chi connectivity index (χ1) is 7.75. The molecule has 1 aliphatic heterocycles. The standard InChI is InChI=1S/C11H14N2O2S/c12-11(16)13-4-3-8-1-2-9-10(7-8)15-6-5-14-9/h1-2,7H,3-6H2,(H3,12,13,16). The third-order valence-corrected chi connectivity index (χ3v) is 2.46. The van der Waals surface area contributed by atoms with Crippen molar-refractivity contribution in [3.63, 3.8) is 0 Å². The molecular weight excluding hydrogens is 224 g/mol. The second-order valence-corrected chi connectivity index (χ2v) is 3.96. The fraction of sp³-hybridized carbons (Fsp3) is 0.364. The van der Waals surface area contributed by atoms with Gasteiger partial charge < -0.3 is 20.5 Å². The number of fused-ring (bicyclic) bond motifs is 1. The summed E-state index contributed by atoms with van der Waals surface area (Å²) in [7, 11) is 0. The Morgan fingerprint density at radius 1 is 1.31 bits per heavy atom. The fourth-order valence-corrected chi connectivity index (χ4v) is 1.68. The molecule has 0 amide bonds. The monoisotopic (exact) mass is 238 g/mol. The van der Waals surface area contributed by atoms with E-state index in [4.69, 9.17) is 27.4 Å².